The molecule has 0 spiro atoms. The van der Waals surface area contributed by atoms with E-state index in [9.17, 15) is 4.79 Å². The fourth-order valence-electron chi connectivity index (χ4n) is 3.16. The van der Waals surface area contributed by atoms with Crippen molar-refractivity contribution in [2.75, 3.05) is 31.6 Å². The number of amides is 1. The van der Waals surface area contributed by atoms with Gasteiger partial charge in [0.25, 0.3) is 11.8 Å². The first-order valence-corrected chi connectivity index (χ1v) is 7.74. The van der Waals surface area contributed by atoms with Crippen molar-refractivity contribution in [2.24, 2.45) is 0 Å². The number of likely N-dealkylation sites (N-methyl/N-ethyl adjacent to an activating group) is 1. The van der Waals surface area contributed by atoms with Crippen LogP contribution >= 0.6 is 0 Å². The molecule has 7 nitrogen and oxygen atoms in total. The van der Waals surface area contributed by atoms with Crippen molar-refractivity contribution in [3.05, 3.63) is 30.3 Å². The van der Waals surface area contributed by atoms with Crippen molar-refractivity contribution in [3.63, 3.8) is 0 Å². The van der Waals surface area contributed by atoms with Gasteiger partial charge in [0, 0.05) is 25.7 Å². The molecule has 7 heteroatoms. The van der Waals surface area contributed by atoms with Crippen LogP contribution < -0.4 is 4.90 Å². The molecule has 0 unspecified atom stereocenters. The first-order chi connectivity index (χ1) is 11.2. The lowest BCUT2D eigenvalue weighted by atomic mass is 10.2. The number of carbonyl (C=O) groups is 1. The Labute approximate surface area is 133 Å². The van der Waals surface area contributed by atoms with E-state index >= 15 is 0 Å². The number of ether oxygens (including phenoxy) is 1. The zero-order valence-electron chi connectivity index (χ0n) is 12.9. The van der Waals surface area contributed by atoms with Gasteiger partial charge in [-0.05, 0) is 17.3 Å². The number of hydrogen-bond acceptors (Lipinski definition) is 6. The van der Waals surface area contributed by atoms with Crippen LogP contribution in [0.3, 0.4) is 0 Å². The molecular weight excluding hydrogens is 296 g/mol. The van der Waals surface area contributed by atoms with Crippen molar-refractivity contribution >= 4 is 11.9 Å². The Balaban J connectivity index is 1.54. The molecular formula is C16H18N4O3. The van der Waals surface area contributed by atoms with E-state index in [4.69, 9.17) is 9.26 Å². The quantitative estimate of drug-likeness (QED) is 0.829. The Morgan fingerprint density at radius 2 is 2.04 bits per heavy atom. The van der Waals surface area contributed by atoms with E-state index in [1.165, 1.54) is 0 Å². The van der Waals surface area contributed by atoms with Gasteiger partial charge in [-0.2, -0.15) is 4.98 Å². The van der Waals surface area contributed by atoms with E-state index in [2.05, 4.69) is 10.1 Å². The van der Waals surface area contributed by atoms with Crippen molar-refractivity contribution in [3.8, 4) is 11.5 Å². The van der Waals surface area contributed by atoms with Crippen LogP contribution in [0.2, 0.25) is 0 Å². The summed E-state index contributed by atoms with van der Waals surface area (Å²) >= 11 is 0. The molecule has 2 aliphatic heterocycles. The van der Waals surface area contributed by atoms with Crippen LogP contribution in [0.25, 0.3) is 11.5 Å². The summed E-state index contributed by atoms with van der Waals surface area (Å²) in [7, 11) is 1.84. The maximum absolute atomic E-state index is 12.0. The summed E-state index contributed by atoms with van der Waals surface area (Å²) in [6.07, 6.45) is 0.439. The number of benzene rings is 1. The van der Waals surface area contributed by atoms with Gasteiger partial charge in [0.15, 0.2) is 0 Å². The predicted octanol–water partition coefficient (Wildman–Crippen LogP) is 1.17. The number of fused-ring (bicyclic) bond motifs is 1. The van der Waals surface area contributed by atoms with Crippen LogP contribution in [0, 0.1) is 0 Å². The van der Waals surface area contributed by atoms with E-state index in [1.54, 1.807) is 4.90 Å². The minimum atomic E-state index is -0.00914. The Morgan fingerprint density at radius 1 is 1.22 bits per heavy atom. The SMILES string of the molecule is CN1C(=O)CCO[C@H]2CN(c3noc(-c4ccccc4)n3)C[C@@H]21. The number of hydrogen-bond donors (Lipinski definition) is 0. The highest BCUT2D eigenvalue weighted by molar-refractivity contribution is 5.77. The molecule has 2 aliphatic rings. The van der Waals surface area contributed by atoms with Gasteiger partial charge < -0.3 is 19.1 Å². The Kier molecular flexibility index (Phi) is 3.49. The molecule has 2 aromatic rings. The van der Waals surface area contributed by atoms with Gasteiger partial charge in [0.2, 0.25) is 5.91 Å². The zero-order chi connectivity index (χ0) is 15.8. The number of rotatable bonds is 2. The molecule has 120 valence electrons. The number of carbonyl (C=O) groups excluding carboxylic acids is 1. The van der Waals surface area contributed by atoms with Crippen LogP contribution in [-0.4, -0.2) is 59.8 Å². The molecule has 3 heterocycles. The normalized spacial score (nSPS) is 24.7. The Bertz CT molecular complexity index is 702. The van der Waals surface area contributed by atoms with E-state index in [0.29, 0.717) is 38.0 Å². The lowest BCUT2D eigenvalue weighted by Crippen LogP contribution is -2.42. The van der Waals surface area contributed by atoms with Crippen molar-refractivity contribution in [2.45, 2.75) is 18.6 Å². The highest BCUT2D eigenvalue weighted by Crippen LogP contribution is 2.27. The summed E-state index contributed by atoms with van der Waals surface area (Å²) in [5.74, 6) is 1.16. The standard InChI is InChI=1S/C16H18N4O3/c1-19-12-9-20(10-13(12)22-8-7-14(19)21)16-17-15(23-18-16)11-5-3-2-4-6-11/h2-6,12-13H,7-10H2,1H3/t12-,13-/m0/s1. The summed E-state index contributed by atoms with van der Waals surface area (Å²) in [5, 5.41) is 4.08. The molecule has 23 heavy (non-hydrogen) atoms. The molecule has 0 saturated carbocycles. The number of aromatic nitrogens is 2. The second-order valence-electron chi connectivity index (χ2n) is 5.90. The zero-order valence-corrected chi connectivity index (χ0v) is 12.9. The van der Waals surface area contributed by atoms with E-state index in [0.717, 1.165) is 5.56 Å². The van der Waals surface area contributed by atoms with Gasteiger partial charge in [-0.25, -0.2) is 0 Å². The summed E-state index contributed by atoms with van der Waals surface area (Å²) in [6.45, 7) is 1.79. The van der Waals surface area contributed by atoms with Crippen molar-refractivity contribution < 1.29 is 14.1 Å². The third-order valence-corrected chi connectivity index (χ3v) is 4.49. The second-order valence-corrected chi connectivity index (χ2v) is 5.90. The second kappa shape index (κ2) is 5.66. The van der Waals surface area contributed by atoms with E-state index in [-0.39, 0.29) is 18.1 Å². The van der Waals surface area contributed by atoms with Crippen LogP contribution in [-0.2, 0) is 9.53 Å². The van der Waals surface area contributed by atoms with Crippen molar-refractivity contribution in [1.82, 2.24) is 15.0 Å². The molecule has 2 atom stereocenters. The topological polar surface area (TPSA) is 71.7 Å². The lowest BCUT2D eigenvalue weighted by Gasteiger charge is -2.24. The molecule has 1 aromatic heterocycles. The molecule has 0 aliphatic carbocycles. The van der Waals surface area contributed by atoms with Crippen LogP contribution in [0.4, 0.5) is 5.95 Å². The van der Waals surface area contributed by atoms with Gasteiger partial charge in [0.1, 0.15) is 0 Å². The first kappa shape index (κ1) is 14.2. The summed E-state index contributed by atoms with van der Waals surface area (Å²) in [5.41, 5.74) is 0.892. The fraction of sp³-hybridized carbons (Fsp3) is 0.438. The molecule has 2 saturated heterocycles. The maximum Gasteiger partial charge on any atom is 0.266 e. The fourth-order valence-corrected chi connectivity index (χ4v) is 3.16. The molecule has 0 bridgehead atoms. The number of anilines is 1. The van der Waals surface area contributed by atoms with E-state index < -0.39 is 0 Å². The molecule has 1 amide bonds. The van der Waals surface area contributed by atoms with Crippen LogP contribution in [0.15, 0.2) is 34.9 Å². The minimum Gasteiger partial charge on any atom is -0.374 e. The lowest BCUT2D eigenvalue weighted by molar-refractivity contribution is -0.130. The van der Waals surface area contributed by atoms with Crippen LogP contribution in [0.5, 0.6) is 0 Å². The molecule has 1 aromatic carbocycles. The highest BCUT2D eigenvalue weighted by Gasteiger charge is 2.41. The van der Waals surface area contributed by atoms with Gasteiger partial charge in [-0.15, -0.1) is 0 Å². The average molecular weight is 314 g/mol. The highest BCUT2D eigenvalue weighted by atomic mass is 16.5. The monoisotopic (exact) mass is 314 g/mol. The molecule has 0 N–H and O–H groups in total. The molecule has 2 fully saturated rings. The summed E-state index contributed by atoms with van der Waals surface area (Å²) < 4.78 is 11.2. The minimum absolute atomic E-state index is 0.00914. The van der Waals surface area contributed by atoms with Crippen LogP contribution in [0.1, 0.15) is 6.42 Å². The molecule has 4 rings (SSSR count). The number of nitrogens with zero attached hydrogens (tertiary/aromatic N) is 4. The summed E-state index contributed by atoms with van der Waals surface area (Å²) in [6, 6.07) is 9.70. The van der Waals surface area contributed by atoms with E-state index in [1.807, 2.05) is 42.3 Å². The van der Waals surface area contributed by atoms with Gasteiger partial charge >= 0.3 is 0 Å². The maximum atomic E-state index is 12.0. The van der Waals surface area contributed by atoms with Gasteiger partial charge in [-0.3, -0.25) is 4.79 Å². The third kappa shape index (κ3) is 2.57. The first-order valence-electron chi connectivity index (χ1n) is 7.74. The van der Waals surface area contributed by atoms with Crippen molar-refractivity contribution in [1.29, 1.82) is 0 Å². The average Bonchev–Trinajstić information content (AvgIpc) is 3.19. The third-order valence-electron chi connectivity index (χ3n) is 4.49. The van der Waals surface area contributed by atoms with Gasteiger partial charge in [0.05, 0.1) is 25.2 Å². The predicted molar refractivity (Wildman–Crippen MR) is 82.9 cm³/mol. The largest absolute Gasteiger partial charge is 0.374 e. The Morgan fingerprint density at radius 3 is 2.87 bits per heavy atom. The smallest absolute Gasteiger partial charge is 0.266 e. The molecule has 0 radical (unpaired) electrons. The van der Waals surface area contributed by atoms with Gasteiger partial charge in [-0.1, -0.05) is 18.2 Å². The summed E-state index contributed by atoms with van der Waals surface area (Å²) in [4.78, 5) is 20.2. The Hall–Kier alpha value is -2.41.